The number of rotatable bonds is 3. The van der Waals surface area contributed by atoms with Gasteiger partial charge in [0.1, 0.15) is 5.76 Å². The third-order valence-electron chi connectivity index (χ3n) is 3.68. The molecule has 1 saturated carbocycles. The standard InChI is InChI=1S/C8H15N.C6H8N2O2/c1-7-4-5-9(6-7)8-2-3-8;1-2-4-3-5(6(7)9)8-10-4/h7-8H,2-6H2,1H3;3H,2H2,1H3,(H2,7,9). The minimum atomic E-state index is -0.552. The van der Waals surface area contributed by atoms with Gasteiger partial charge in [0.2, 0.25) is 0 Å². The summed E-state index contributed by atoms with van der Waals surface area (Å²) in [4.78, 5) is 13.1. The molecule has 0 spiro atoms. The maximum absolute atomic E-state index is 10.4. The van der Waals surface area contributed by atoms with E-state index in [0.29, 0.717) is 5.76 Å². The predicted octanol–water partition coefficient (Wildman–Crippen LogP) is 1.83. The molecule has 5 nitrogen and oxygen atoms in total. The molecule has 5 heteroatoms. The van der Waals surface area contributed by atoms with Gasteiger partial charge in [-0.2, -0.15) is 0 Å². The molecule has 0 bridgehead atoms. The van der Waals surface area contributed by atoms with Crippen molar-refractivity contribution < 1.29 is 9.32 Å². The molecule has 3 rings (SSSR count). The van der Waals surface area contributed by atoms with Crippen molar-refractivity contribution >= 4 is 5.91 Å². The van der Waals surface area contributed by atoms with Crippen LogP contribution in [0.15, 0.2) is 10.6 Å². The number of hydrogen-bond acceptors (Lipinski definition) is 4. The van der Waals surface area contributed by atoms with E-state index in [2.05, 4.69) is 17.0 Å². The van der Waals surface area contributed by atoms with Crippen LogP contribution in [0.1, 0.15) is 49.4 Å². The Morgan fingerprint density at radius 1 is 1.53 bits per heavy atom. The highest BCUT2D eigenvalue weighted by molar-refractivity contribution is 5.90. The van der Waals surface area contributed by atoms with Crippen molar-refractivity contribution in [2.24, 2.45) is 11.7 Å². The number of likely N-dealkylation sites (tertiary alicyclic amines) is 1. The second-order valence-corrected chi connectivity index (χ2v) is 5.52. The molecule has 19 heavy (non-hydrogen) atoms. The molecule has 2 fully saturated rings. The number of carbonyl (C=O) groups is 1. The summed E-state index contributed by atoms with van der Waals surface area (Å²) < 4.78 is 4.72. The number of carbonyl (C=O) groups excluding carboxylic acids is 1. The average Bonchev–Trinajstić information content (AvgIpc) is 2.96. The fourth-order valence-electron chi connectivity index (χ4n) is 2.34. The highest BCUT2D eigenvalue weighted by atomic mass is 16.5. The molecular formula is C14H23N3O2. The van der Waals surface area contributed by atoms with Gasteiger partial charge in [-0.15, -0.1) is 0 Å². The number of nitrogens with zero attached hydrogens (tertiary/aromatic N) is 2. The van der Waals surface area contributed by atoms with Crippen LogP contribution in [0.2, 0.25) is 0 Å². The normalized spacial score (nSPS) is 22.9. The zero-order valence-electron chi connectivity index (χ0n) is 11.8. The zero-order valence-corrected chi connectivity index (χ0v) is 11.8. The number of nitrogens with two attached hydrogens (primary N) is 1. The molecule has 2 N–H and O–H groups in total. The average molecular weight is 265 g/mol. The molecule has 1 unspecified atom stereocenters. The van der Waals surface area contributed by atoms with Crippen LogP contribution in [0.5, 0.6) is 0 Å². The lowest BCUT2D eigenvalue weighted by molar-refractivity contribution is 0.0991. The third-order valence-corrected chi connectivity index (χ3v) is 3.68. The van der Waals surface area contributed by atoms with Gasteiger partial charge in [0.05, 0.1) is 0 Å². The summed E-state index contributed by atoms with van der Waals surface area (Å²) in [6.07, 6.45) is 5.12. The van der Waals surface area contributed by atoms with Crippen LogP contribution in [0.25, 0.3) is 0 Å². The lowest BCUT2D eigenvalue weighted by atomic mass is 10.2. The van der Waals surface area contributed by atoms with Gasteiger partial charge in [-0.25, -0.2) is 0 Å². The van der Waals surface area contributed by atoms with E-state index in [1.54, 1.807) is 6.07 Å². The van der Waals surface area contributed by atoms with Gasteiger partial charge in [0, 0.05) is 25.1 Å². The zero-order chi connectivity index (χ0) is 13.8. The summed E-state index contributed by atoms with van der Waals surface area (Å²) >= 11 is 0. The molecule has 1 aliphatic carbocycles. The van der Waals surface area contributed by atoms with Gasteiger partial charge < -0.3 is 15.2 Å². The van der Waals surface area contributed by atoms with Crippen molar-refractivity contribution in [1.82, 2.24) is 10.1 Å². The van der Waals surface area contributed by atoms with Crippen LogP contribution in [0, 0.1) is 5.92 Å². The molecular weight excluding hydrogens is 242 g/mol. The van der Waals surface area contributed by atoms with E-state index < -0.39 is 5.91 Å². The number of hydrogen-bond donors (Lipinski definition) is 1. The molecule has 2 aliphatic rings. The number of primary amides is 1. The van der Waals surface area contributed by atoms with E-state index in [0.717, 1.165) is 18.4 Å². The highest BCUT2D eigenvalue weighted by Gasteiger charge is 2.32. The first-order valence-corrected chi connectivity index (χ1v) is 7.09. The second-order valence-electron chi connectivity index (χ2n) is 5.52. The van der Waals surface area contributed by atoms with Crippen molar-refractivity contribution in [3.05, 3.63) is 17.5 Å². The Morgan fingerprint density at radius 2 is 2.26 bits per heavy atom. The van der Waals surface area contributed by atoms with Crippen LogP contribution in [-0.2, 0) is 6.42 Å². The van der Waals surface area contributed by atoms with Crippen LogP contribution >= 0.6 is 0 Å². The van der Waals surface area contributed by atoms with Crippen molar-refractivity contribution in [2.45, 2.75) is 45.6 Å². The Labute approximate surface area is 114 Å². The van der Waals surface area contributed by atoms with Gasteiger partial charge in [-0.3, -0.25) is 4.79 Å². The molecule has 106 valence electrons. The number of aromatic nitrogens is 1. The van der Waals surface area contributed by atoms with Crippen LogP contribution in [0.4, 0.5) is 0 Å². The van der Waals surface area contributed by atoms with Crippen molar-refractivity contribution in [3.8, 4) is 0 Å². The smallest absolute Gasteiger partial charge is 0.270 e. The van der Waals surface area contributed by atoms with Gasteiger partial charge in [-0.05, 0) is 31.7 Å². The minimum absolute atomic E-state index is 0.192. The van der Waals surface area contributed by atoms with Gasteiger partial charge in [0.25, 0.3) is 5.91 Å². The summed E-state index contributed by atoms with van der Waals surface area (Å²) in [5, 5.41) is 3.44. The monoisotopic (exact) mass is 265 g/mol. The fraction of sp³-hybridized carbons (Fsp3) is 0.714. The first-order valence-electron chi connectivity index (χ1n) is 7.09. The minimum Gasteiger partial charge on any atom is -0.364 e. The van der Waals surface area contributed by atoms with E-state index >= 15 is 0 Å². The molecule has 1 aromatic heterocycles. The van der Waals surface area contributed by atoms with E-state index in [-0.39, 0.29) is 5.69 Å². The summed E-state index contributed by atoms with van der Waals surface area (Å²) in [7, 11) is 0. The number of aryl methyl sites for hydroxylation is 1. The first kappa shape index (κ1) is 14.1. The molecule has 1 aliphatic heterocycles. The van der Waals surface area contributed by atoms with E-state index in [4.69, 9.17) is 10.3 Å². The Kier molecular flexibility index (Phi) is 4.58. The van der Waals surface area contributed by atoms with E-state index in [1.807, 2.05) is 6.92 Å². The Bertz CT molecular complexity index is 426. The second kappa shape index (κ2) is 6.19. The molecule has 1 atom stereocenters. The Balaban J connectivity index is 0.000000141. The molecule has 1 saturated heterocycles. The summed E-state index contributed by atoms with van der Waals surface area (Å²) in [6, 6.07) is 2.55. The van der Waals surface area contributed by atoms with Crippen molar-refractivity contribution in [1.29, 1.82) is 0 Å². The lowest BCUT2D eigenvalue weighted by Gasteiger charge is -2.12. The topological polar surface area (TPSA) is 72.4 Å². The van der Waals surface area contributed by atoms with Gasteiger partial charge in [-0.1, -0.05) is 19.0 Å². The van der Waals surface area contributed by atoms with Crippen LogP contribution in [0.3, 0.4) is 0 Å². The lowest BCUT2D eigenvalue weighted by Crippen LogP contribution is -2.22. The molecule has 1 aromatic rings. The van der Waals surface area contributed by atoms with Crippen LogP contribution in [-0.4, -0.2) is 35.1 Å². The van der Waals surface area contributed by atoms with Crippen LogP contribution < -0.4 is 5.73 Å². The number of amides is 1. The Hall–Kier alpha value is -1.36. The maximum atomic E-state index is 10.4. The summed E-state index contributed by atoms with van der Waals surface area (Å²) in [6.45, 7) is 7.03. The molecule has 0 aromatic carbocycles. The first-order chi connectivity index (χ1) is 9.10. The predicted molar refractivity (Wildman–Crippen MR) is 72.8 cm³/mol. The fourth-order valence-corrected chi connectivity index (χ4v) is 2.34. The van der Waals surface area contributed by atoms with Crippen molar-refractivity contribution in [2.75, 3.05) is 13.1 Å². The third kappa shape index (κ3) is 4.06. The van der Waals surface area contributed by atoms with Crippen molar-refractivity contribution in [3.63, 3.8) is 0 Å². The highest BCUT2D eigenvalue weighted by Crippen LogP contribution is 2.31. The SMILES string of the molecule is CC1CCN(C2CC2)C1.CCc1cc(C(N)=O)no1. The summed E-state index contributed by atoms with van der Waals surface area (Å²) in [5.74, 6) is 1.10. The largest absolute Gasteiger partial charge is 0.364 e. The van der Waals surface area contributed by atoms with Gasteiger partial charge >= 0.3 is 0 Å². The van der Waals surface area contributed by atoms with E-state index in [1.165, 1.54) is 32.4 Å². The van der Waals surface area contributed by atoms with E-state index in [9.17, 15) is 4.79 Å². The Morgan fingerprint density at radius 3 is 2.63 bits per heavy atom. The maximum Gasteiger partial charge on any atom is 0.270 e. The quantitative estimate of drug-likeness (QED) is 0.905. The molecule has 0 radical (unpaired) electrons. The molecule has 2 heterocycles. The summed E-state index contributed by atoms with van der Waals surface area (Å²) in [5.41, 5.74) is 5.11. The van der Waals surface area contributed by atoms with Gasteiger partial charge in [0.15, 0.2) is 5.69 Å². The molecule has 1 amide bonds.